The molecule has 1 saturated heterocycles. The fourth-order valence-electron chi connectivity index (χ4n) is 1.82. The van der Waals surface area contributed by atoms with Gasteiger partial charge in [-0.1, -0.05) is 6.92 Å². The molecule has 2 unspecified atom stereocenters. The normalized spacial score (nSPS) is 29.9. The van der Waals surface area contributed by atoms with Crippen LogP contribution in [0.1, 0.15) is 32.6 Å². The molecule has 0 saturated carbocycles. The van der Waals surface area contributed by atoms with Crippen LogP contribution in [-0.4, -0.2) is 24.3 Å². The summed E-state index contributed by atoms with van der Waals surface area (Å²) in [5.74, 6) is 0. The Bertz CT molecular complexity index is 164. The van der Waals surface area contributed by atoms with Crippen molar-refractivity contribution in [1.29, 1.82) is 5.26 Å². The maximum Gasteiger partial charge on any atom is 0.181 e. The zero-order valence-corrected chi connectivity index (χ0v) is 7.79. The van der Waals surface area contributed by atoms with Gasteiger partial charge < -0.3 is 4.74 Å². The first-order valence-corrected chi connectivity index (χ1v) is 4.54. The van der Waals surface area contributed by atoms with Crippen molar-refractivity contribution in [1.82, 2.24) is 4.90 Å². The Labute approximate surface area is 73.9 Å². The van der Waals surface area contributed by atoms with E-state index in [4.69, 9.17) is 10.00 Å². The van der Waals surface area contributed by atoms with Crippen LogP contribution in [0, 0.1) is 11.5 Å². The topological polar surface area (TPSA) is 36.3 Å². The molecule has 0 amide bonds. The Morgan fingerprint density at radius 1 is 1.58 bits per heavy atom. The molecule has 0 radical (unpaired) electrons. The first-order chi connectivity index (χ1) is 5.83. The summed E-state index contributed by atoms with van der Waals surface area (Å²) in [5, 5.41) is 8.89. The minimum Gasteiger partial charge on any atom is -0.361 e. The number of piperidine rings is 1. The van der Waals surface area contributed by atoms with Crippen LogP contribution < -0.4 is 0 Å². The molecule has 0 bridgehead atoms. The van der Waals surface area contributed by atoms with Crippen LogP contribution in [0.3, 0.4) is 0 Å². The molecule has 1 aliphatic rings. The van der Waals surface area contributed by atoms with E-state index in [-0.39, 0.29) is 6.23 Å². The zero-order valence-electron chi connectivity index (χ0n) is 7.79. The largest absolute Gasteiger partial charge is 0.361 e. The van der Waals surface area contributed by atoms with Gasteiger partial charge >= 0.3 is 0 Å². The monoisotopic (exact) mass is 168 g/mol. The van der Waals surface area contributed by atoms with E-state index < -0.39 is 0 Å². The van der Waals surface area contributed by atoms with Crippen LogP contribution in [-0.2, 0) is 4.74 Å². The lowest BCUT2D eigenvalue weighted by molar-refractivity contribution is -0.0494. The van der Waals surface area contributed by atoms with Gasteiger partial charge in [-0.25, -0.2) is 0 Å². The average molecular weight is 168 g/mol. The summed E-state index contributed by atoms with van der Waals surface area (Å²) < 4.78 is 5.23. The predicted octanol–water partition coefficient (Wildman–Crippen LogP) is 1.70. The van der Waals surface area contributed by atoms with Gasteiger partial charge in [0.25, 0.3) is 0 Å². The number of hydrogen-bond acceptors (Lipinski definition) is 3. The molecule has 1 aliphatic heterocycles. The van der Waals surface area contributed by atoms with Crippen molar-refractivity contribution >= 4 is 0 Å². The molecule has 3 heteroatoms. The standard InChI is InChI=1S/C9H16N2O/c1-3-8-5-4-6-9(12-2)11(8)7-10/h8-9H,3-6H2,1-2H3. The number of rotatable bonds is 2. The number of hydrogen-bond donors (Lipinski definition) is 0. The highest BCUT2D eigenvalue weighted by Gasteiger charge is 2.28. The SMILES string of the molecule is CCC1CCCC(OC)N1C#N. The number of methoxy groups -OCH3 is 1. The van der Waals surface area contributed by atoms with Crippen LogP contribution in [0.4, 0.5) is 0 Å². The third-order valence-corrected chi connectivity index (χ3v) is 2.55. The highest BCUT2D eigenvalue weighted by atomic mass is 16.5. The van der Waals surface area contributed by atoms with Crippen LogP contribution in [0.2, 0.25) is 0 Å². The lowest BCUT2D eigenvalue weighted by Gasteiger charge is -2.36. The lowest BCUT2D eigenvalue weighted by atomic mass is 9.99. The Hall–Kier alpha value is -0.750. The van der Waals surface area contributed by atoms with E-state index in [0.29, 0.717) is 6.04 Å². The zero-order chi connectivity index (χ0) is 8.97. The van der Waals surface area contributed by atoms with E-state index in [2.05, 4.69) is 13.1 Å². The van der Waals surface area contributed by atoms with Crippen molar-refractivity contribution in [3.05, 3.63) is 0 Å². The second-order valence-corrected chi connectivity index (χ2v) is 3.19. The fraction of sp³-hybridized carbons (Fsp3) is 0.889. The average Bonchev–Trinajstić information content (AvgIpc) is 2.16. The molecule has 1 heterocycles. The third-order valence-electron chi connectivity index (χ3n) is 2.55. The van der Waals surface area contributed by atoms with Crippen molar-refractivity contribution < 1.29 is 4.74 Å². The second kappa shape index (κ2) is 4.32. The van der Waals surface area contributed by atoms with Gasteiger partial charge in [-0.15, -0.1) is 0 Å². The number of nitriles is 1. The second-order valence-electron chi connectivity index (χ2n) is 3.19. The highest BCUT2D eigenvalue weighted by Crippen LogP contribution is 2.24. The predicted molar refractivity (Wildman–Crippen MR) is 46.2 cm³/mol. The summed E-state index contributed by atoms with van der Waals surface area (Å²) in [6.45, 7) is 2.12. The van der Waals surface area contributed by atoms with E-state index in [0.717, 1.165) is 19.3 Å². The molecular formula is C9H16N2O. The molecule has 2 atom stereocenters. The first-order valence-electron chi connectivity index (χ1n) is 4.54. The molecule has 1 fully saturated rings. The minimum atomic E-state index is 0.0219. The van der Waals surface area contributed by atoms with Crippen molar-refractivity contribution in [3.8, 4) is 6.19 Å². The van der Waals surface area contributed by atoms with Gasteiger partial charge in [0.05, 0.1) is 0 Å². The molecule has 0 N–H and O–H groups in total. The molecule has 68 valence electrons. The van der Waals surface area contributed by atoms with Crippen molar-refractivity contribution in [2.45, 2.75) is 44.9 Å². The molecule has 12 heavy (non-hydrogen) atoms. The quantitative estimate of drug-likeness (QED) is 0.589. The molecule has 0 aromatic rings. The van der Waals surface area contributed by atoms with Gasteiger partial charge in [0, 0.05) is 13.2 Å². The Balaban J connectivity index is 2.60. The summed E-state index contributed by atoms with van der Waals surface area (Å²) in [5.41, 5.74) is 0. The van der Waals surface area contributed by atoms with E-state index in [1.54, 1.807) is 12.0 Å². The minimum absolute atomic E-state index is 0.0219. The summed E-state index contributed by atoms with van der Waals surface area (Å²) in [4.78, 5) is 1.80. The molecule has 0 aromatic heterocycles. The first kappa shape index (κ1) is 9.34. The van der Waals surface area contributed by atoms with Crippen molar-refractivity contribution in [2.75, 3.05) is 7.11 Å². The maximum atomic E-state index is 8.89. The fourth-order valence-corrected chi connectivity index (χ4v) is 1.82. The summed E-state index contributed by atoms with van der Waals surface area (Å²) in [6.07, 6.45) is 6.56. The summed E-state index contributed by atoms with van der Waals surface area (Å²) in [6, 6.07) is 0.397. The van der Waals surface area contributed by atoms with Crippen LogP contribution in [0.15, 0.2) is 0 Å². The third kappa shape index (κ3) is 1.70. The van der Waals surface area contributed by atoms with Gasteiger partial charge in [-0.05, 0) is 25.7 Å². The van der Waals surface area contributed by atoms with Crippen LogP contribution in [0.5, 0.6) is 0 Å². The number of nitrogens with zero attached hydrogens (tertiary/aromatic N) is 2. The molecule has 1 rings (SSSR count). The lowest BCUT2D eigenvalue weighted by Crippen LogP contribution is -2.44. The van der Waals surface area contributed by atoms with Crippen molar-refractivity contribution in [2.24, 2.45) is 0 Å². The van der Waals surface area contributed by atoms with Gasteiger partial charge in [0.15, 0.2) is 6.19 Å². The summed E-state index contributed by atoms with van der Waals surface area (Å²) in [7, 11) is 1.67. The molecule has 0 spiro atoms. The van der Waals surface area contributed by atoms with Crippen molar-refractivity contribution in [3.63, 3.8) is 0 Å². The number of likely N-dealkylation sites (tertiary alicyclic amines) is 1. The Morgan fingerprint density at radius 2 is 2.33 bits per heavy atom. The van der Waals surface area contributed by atoms with E-state index >= 15 is 0 Å². The number of ether oxygens (including phenoxy) is 1. The summed E-state index contributed by atoms with van der Waals surface area (Å²) >= 11 is 0. The Morgan fingerprint density at radius 3 is 2.83 bits per heavy atom. The molecular weight excluding hydrogens is 152 g/mol. The van der Waals surface area contributed by atoms with Gasteiger partial charge in [-0.2, -0.15) is 5.26 Å². The molecule has 0 aromatic carbocycles. The van der Waals surface area contributed by atoms with Gasteiger partial charge in [0.2, 0.25) is 0 Å². The van der Waals surface area contributed by atoms with E-state index in [1.807, 2.05) is 0 Å². The van der Waals surface area contributed by atoms with Gasteiger partial charge in [0.1, 0.15) is 6.23 Å². The Kier molecular flexibility index (Phi) is 3.36. The van der Waals surface area contributed by atoms with Gasteiger partial charge in [-0.3, -0.25) is 4.90 Å². The van der Waals surface area contributed by atoms with E-state index in [9.17, 15) is 0 Å². The maximum absolute atomic E-state index is 8.89. The van der Waals surface area contributed by atoms with Crippen LogP contribution >= 0.6 is 0 Å². The molecule has 3 nitrogen and oxygen atoms in total. The molecule has 0 aliphatic carbocycles. The van der Waals surface area contributed by atoms with E-state index in [1.165, 1.54) is 6.42 Å². The smallest absolute Gasteiger partial charge is 0.181 e. The van der Waals surface area contributed by atoms with Crippen LogP contribution in [0.25, 0.3) is 0 Å². The highest BCUT2D eigenvalue weighted by molar-refractivity contribution is 4.87.